The van der Waals surface area contributed by atoms with Gasteiger partial charge in [-0.3, -0.25) is 0 Å². The van der Waals surface area contributed by atoms with Crippen LogP contribution in [-0.4, -0.2) is 6.26 Å². The van der Waals surface area contributed by atoms with E-state index in [0.717, 1.165) is 0 Å². The van der Waals surface area contributed by atoms with E-state index in [9.17, 15) is 0 Å². The van der Waals surface area contributed by atoms with Gasteiger partial charge in [0.15, 0.2) is 0 Å². The van der Waals surface area contributed by atoms with Gasteiger partial charge < -0.3 is 0 Å². The van der Waals surface area contributed by atoms with E-state index in [2.05, 4.69) is 91.5 Å². The molecule has 0 heterocycles. The van der Waals surface area contributed by atoms with E-state index in [-0.39, 0.29) is 10.2 Å². The van der Waals surface area contributed by atoms with Gasteiger partial charge in [0.25, 0.3) is 0 Å². The summed E-state index contributed by atoms with van der Waals surface area (Å²) in [6.07, 6.45) is 2.10. The average Bonchev–Trinajstić information content (AvgIpc) is 2.46. The van der Waals surface area contributed by atoms with E-state index >= 15 is 0 Å². The predicted octanol–water partition coefficient (Wildman–Crippen LogP) is 6.19. The monoisotopic (exact) mass is 348 g/mol. The van der Waals surface area contributed by atoms with Gasteiger partial charge >= 0.3 is 0 Å². The number of hydrogen-bond donors (Lipinski definition) is 0. The van der Waals surface area contributed by atoms with Gasteiger partial charge in [-0.15, -0.1) is 11.8 Å². The molecule has 2 aromatic rings. The second-order valence-electron chi connectivity index (χ2n) is 6.01. The van der Waals surface area contributed by atoms with Gasteiger partial charge in [0.1, 0.15) is 0 Å². The fourth-order valence-electron chi connectivity index (χ4n) is 2.12. The molecule has 0 aliphatic carbocycles. The molecule has 1 unspecified atom stereocenters. The van der Waals surface area contributed by atoms with E-state index in [1.54, 1.807) is 11.8 Å². The molecule has 106 valence electrons. The molecule has 20 heavy (non-hydrogen) atoms. The van der Waals surface area contributed by atoms with Crippen molar-refractivity contribution in [3.8, 4) is 0 Å². The molecule has 0 fully saturated rings. The summed E-state index contributed by atoms with van der Waals surface area (Å²) in [5, 5.41) is 0. The van der Waals surface area contributed by atoms with Crippen LogP contribution < -0.4 is 0 Å². The Morgan fingerprint density at radius 3 is 1.70 bits per heavy atom. The largest absolute Gasteiger partial charge is 0.130 e. The lowest BCUT2D eigenvalue weighted by Crippen LogP contribution is -2.10. The third-order valence-electron chi connectivity index (χ3n) is 3.48. The van der Waals surface area contributed by atoms with Crippen molar-refractivity contribution in [1.29, 1.82) is 0 Å². The second kappa shape index (κ2) is 6.36. The Morgan fingerprint density at radius 1 is 0.850 bits per heavy atom. The highest BCUT2D eigenvalue weighted by Crippen LogP contribution is 2.33. The molecule has 0 bridgehead atoms. The third-order valence-corrected chi connectivity index (χ3v) is 5.28. The highest BCUT2D eigenvalue weighted by atomic mass is 79.9. The summed E-state index contributed by atoms with van der Waals surface area (Å²) in [5.74, 6) is 0. The van der Waals surface area contributed by atoms with Crippen molar-refractivity contribution in [2.45, 2.75) is 35.9 Å². The highest BCUT2D eigenvalue weighted by molar-refractivity contribution is 9.09. The maximum Gasteiger partial charge on any atom is 0.0644 e. The molecule has 0 saturated heterocycles. The Morgan fingerprint density at radius 2 is 1.30 bits per heavy atom. The van der Waals surface area contributed by atoms with Crippen molar-refractivity contribution in [1.82, 2.24) is 0 Å². The van der Waals surface area contributed by atoms with Gasteiger partial charge in [-0.2, -0.15) is 0 Å². The van der Waals surface area contributed by atoms with Gasteiger partial charge in [-0.1, -0.05) is 73.1 Å². The fraction of sp³-hybridized carbons (Fsp3) is 0.333. The number of rotatable bonds is 3. The molecule has 2 aromatic carbocycles. The lowest BCUT2D eigenvalue weighted by atomic mass is 9.86. The van der Waals surface area contributed by atoms with Gasteiger partial charge in [0, 0.05) is 4.90 Å². The fourth-order valence-corrected chi connectivity index (χ4v) is 3.14. The minimum Gasteiger partial charge on any atom is -0.130 e. The summed E-state index contributed by atoms with van der Waals surface area (Å²) in [4.78, 5) is 1.56. The van der Waals surface area contributed by atoms with Crippen molar-refractivity contribution >= 4 is 27.7 Å². The summed E-state index contributed by atoms with van der Waals surface area (Å²) in [7, 11) is 0. The molecular formula is C18H21BrS. The van der Waals surface area contributed by atoms with E-state index in [4.69, 9.17) is 0 Å². The molecule has 0 nitrogen and oxygen atoms in total. The Bertz CT molecular complexity index is 549. The molecule has 2 rings (SSSR count). The van der Waals surface area contributed by atoms with Crippen LogP contribution in [0, 0.1) is 0 Å². The van der Waals surface area contributed by atoms with Crippen molar-refractivity contribution in [2.75, 3.05) is 6.26 Å². The topological polar surface area (TPSA) is 0 Å². The maximum atomic E-state index is 3.81. The van der Waals surface area contributed by atoms with E-state index in [1.807, 2.05) is 0 Å². The van der Waals surface area contributed by atoms with Crippen LogP contribution in [0.5, 0.6) is 0 Å². The molecule has 0 aliphatic rings. The van der Waals surface area contributed by atoms with Crippen LogP contribution in [0.1, 0.15) is 42.3 Å². The quantitative estimate of drug-likeness (QED) is 0.470. The van der Waals surface area contributed by atoms with Gasteiger partial charge in [-0.25, -0.2) is 0 Å². The first kappa shape index (κ1) is 15.7. The van der Waals surface area contributed by atoms with Crippen LogP contribution in [0.4, 0.5) is 0 Å². The standard InChI is InChI=1S/C18H21BrS/c1-18(2,3)15-9-5-13(6-10-15)17(19)14-7-11-16(20-4)12-8-14/h5-12,17H,1-4H3. The van der Waals surface area contributed by atoms with Crippen molar-refractivity contribution in [2.24, 2.45) is 0 Å². The minimum absolute atomic E-state index is 0.209. The Kier molecular flexibility index (Phi) is 4.98. The van der Waals surface area contributed by atoms with Crippen molar-refractivity contribution in [3.05, 3.63) is 65.2 Å². The first-order valence-electron chi connectivity index (χ1n) is 6.80. The summed E-state index contributed by atoms with van der Waals surface area (Å²) in [5.41, 5.74) is 4.18. The molecule has 2 heteroatoms. The molecule has 0 aromatic heterocycles. The van der Waals surface area contributed by atoms with Crippen LogP contribution in [0.15, 0.2) is 53.4 Å². The molecular weight excluding hydrogens is 328 g/mol. The van der Waals surface area contributed by atoms with E-state index in [0.29, 0.717) is 0 Å². The summed E-state index contributed by atoms with van der Waals surface area (Å²) >= 11 is 5.58. The second-order valence-corrected chi connectivity index (χ2v) is 7.80. The Labute approximate surface area is 135 Å². The Hall–Kier alpha value is -0.730. The highest BCUT2D eigenvalue weighted by Gasteiger charge is 2.15. The smallest absolute Gasteiger partial charge is 0.0644 e. The first-order chi connectivity index (χ1) is 9.41. The minimum atomic E-state index is 0.209. The SMILES string of the molecule is CSc1ccc(C(Br)c2ccc(C(C)(C)C)cc2)cc1. The summed E-state index contributed by atoms with van der Waals surface area (Å²) < 4.78 is 0. The maximum absolute atomic E-state index is 3.81. The molecule has 0 radical (unpaired) electrons. The zero-order chi connectivity index (χ0) is 14.8. The number of alkyl halides is 1. The number of halogens is 1. The lowest BCUT2D eigenvalue weighted by molar-refractivity contribution is 0.590. The van der Waals surface area contributed by atoms with Crippen LogP contribution in [0.2, 0.25) is 0 Å². The number of thioether (sulfide) groups is 1. The average molecular weight is 349 g/mol. The number of benzene rings is 2. The van der Waals surface area contributed by atoms with E-state index in [1.165, 1.54) is 21.6 Å². The van der Waals surface area contributed by atoms with Crippen LogP contribution in [0.25, 0.3) is 0 Å². The summed E-state index contributed by atoms with van der Waals surface area (Å²) in [6, 6.07) is 17.7. The van der Waals surface area contributed by atoms with Crippen molar-refractivity contribution < 1.29 is 0 Å². The van der Waals surface area contributed by atoms with Crippen LogP contribution >= 0.6 is 27.7 Å². The van der Waals surface area contributed by atoms with Crippen molar-refractivity contribution in [3.63, 3.8) is 0 Å². The Balaban J connectivity index is 2.22. The third kappa shape index (κ3) is 3.67. The zero-order valence-corrected chi connectivity index (χ0v) is 14.9. The molecule has 0 amide bonds. The first-order valence-corrected chi connectivity index (χ1v) is 8.94. The lowest BCUT2D eigenvalue weighted by Gasteiger charge is -2.20. The molecule has 0 saturated carbocycles. The molecule has 1 atom stereocenters. The van der Waals surface area contributed by atoms with Gasteiger partial charge in [0.05, 0.1) is 4.83 Å². The van der Waals surface area contributed by atoms with Gasteiger partial charge in [-0.05, 0) is 40.5 Å². The molecule has 0 N–H and O–H groups in total. The van der Waals surface area contributed by atoms with Gasteiger partial charge in [0.2, 0.25) is 0 Å². The zero-order valence-electron chi connectivity index (χ0n) is 12.5. The molecule has 0 aliphatic heterocycles. The predicted molar refractivity (Wildman–Crippen MR) is 94.1 cm³/mol. The van der Waals surface area contributed by atoms with Crippen LogP contribution in [0.3, 0.4) is 0 Å². The normalized spacial score (nSPS) is 13.2. The number of hydrogen-bond acceptors (Lipinski definition) is 1. The molecule has 0 spiro atoms. The summed E-state index contributed by atoms with van der Waals surface area (Å²) in [6.45, 7) is 6.73. The van der Waals surface area contributed by atoms with E-state index < -0.39 is 0 Å². The van der Waals surface area contributed by atoms with Crippen LogP contribution in [-0.2, 0) is 5.41 Å².